The van der Waals surface area contributed by atoms with Crippen LogP contribution in [0.5, 0.6) is 0 Å². The van der Waals surface area contributed by atoms with E-state index in [2.05, 4.69) is 37.0 Å². The summed E-state index contributed by atoms with van der Waals surface area (Å²) in [5.74, 6) is 0. The van der Waals surface area contributed by atoms with Gasteiger partial charge in [-0.25, -0.2) is 9.48 Å². The van der Waals surface area contributed by atoms with Gasteiger partial charge in [0, 0.05) is 9.86 Å². The summed E-state index contributed by atoms with van der Waals surface area (Å²) in [5, 5.41) is 5.89. The fraction of sp³-hybridized carbons (Fsp3) is 0.0588. The molecule has 0 unspecified atom stereocenters. The maximum Gasteiger partial charge on any atom is 0.347 e. The highest BCUT2D eigenvalue weighted by molar-refractivity contribution is 9.11. The van der Waals surface area contributed by atoms with E-state index in [-0.39, 0.29) is 5.63 Å². The van der Waals surface area contributed by atoms with Crippen molar-refractivity contribution in [2.45, 2.75) is 6.92 Å². The van der Waals surface area contributed by atoms with Crippen LogP contribution in [-0.2, 0) is 0 Å². The van der Waals surface area contributed by atoms with Gasteiger partial charge in [-0.3, -0.25) is 0 Å². The van der Waals surface area contributed by atoms with Gasteiger partial charge in [-0.15, -0.1) is 0 Å². The van der Waals surface area contributed by atoms with E-state index in [9.17, 15) is 4.79 Å². The molecule has 23 heavy (non-hydrogen) atoms. The fourth-order valence-corrected chi connectivity index (χ4v) is 4.07. The fourth-order valence-electron chi connectivity index (χ4n) is 2.76. The van der Waals surface area contributed by atoms with Crippen LogP contribution in [0.3, 0.4) is 0 Å². The highest BCUT2D eigenvalue weighted by Gasteiger charge is 2.19. The topological polar surface area (TPSA) is 48.0 Å². The molecule has 4 nitrogen and oxygen atoms in total. The van der Waals surface area contributed by atoms with Gasteiger partial charge in [0.15, 0.2) is 5.58 Å². The lowest BCUT2D eigenvalue weighted by atomic mass is 10.1. The molecule has 0 amide bonds. The molecule has 0 aliphatic rings. The summed E-state index contributed by atoms with van der Waals surface area (Å²) in [7, 11) is 0. The minimum Gasteiger partial charge on any atom is -0.421 e. The molecule has 0 saturated heterocycles. The number of rotatable bonds is 1. The standard InChI is InChI=1S/C17H10Br2N2O2/c1-9-14-15(21(20-9)11-5-3-2-4-6-11)12-7-10(18)8-13(19)16(12)23-17(14)22/h2-8H,1H3. The van der Waals surface area contributed by atoms with Crippen molar-refractivity contribution in [2.24, 2.45) is 0 Å². The van der Waals surface area contributed by atoms with Crippen molar-refractivity contribution in [3.8, 4) is 5.69 Å². The van der Waals surface area contributed by atoms with Crippen molar-refractivity contribution in [3.05, 3.63) is 67.5 Å². The van der Waals surface area contributed by atoms with E-state index in [0.29, 0.717) is 16.7 Å². The van der Waals surface area contributed by atoms with Crippen LogP contribution in [0, 0.1) is 6.92 Å². The van der Waals surface area contributed by atoms with E-state index in [1.54, 1.807) is 4.68 Å². The van der Waals surface area contributed by atoms with Crippen LogP contribution in [0.1, 0.15) is 5.69 Å². The molecule has 0 saturated carbocycles. The van der Waals surface area contributed by atoms with E-state index in [4.69, 9.17) is 4.42 Å². The zero-order chi connectivity index (χ0) is 16.1. The summed E-state index contributed by atoms with van der Waals surface area (Å²) in [6.07, 6.45) is 0. The Balaban J connectivity index is 2.28. The van der Waals surface area contributed by atoms with Gasteiger partial charge in [0.25, 0.3) is 0 Å². The predicted octanol–water partition coefficient (Wildman–Crippen LogP) is 4.97. The second-order valence-corrected chi connectivity index (χ2v) is 6.98. The second kappa shape index (κ2) is 5.32. The number of hydrogen-bond acceptors (Lipinski definition) is 3. The third-order valence-corrected chi connectivity index (χ3v) is 4.77. The number of para-hydroxylation sites is 1. The quantitative estimate of drug-likeness (QED) is 0.398. The number of halogens is 2. The molecular weight excluding hydrogens is 424 g/mol. The molecule has 2 heterocycles. The van der Waals surface area contributed by atoms with Crippen LogP contribution < -0.4 is 5.63 Å². The maximum atomic E-state index is 12.4. The monoisotopic (exact) mass is 432 g/mol. The lowest BCUT2D eigenvalue weighted by molar-refractivity contribution is 0.567. The summed E-state index contributed by atoms with van der Waals surface area (Å²) in [5.41, 5.74) is 2.43. The Bertz CT molecular complexity index is 1110. The molecule has 2 aromatic heterocycles. The SMILES string of the molecule is Cc1nn(-c2ccccc2)c2c1c(=O)oc1c(Br)cc(Br)cc12. The van der Waals surface area contributed by atoms with Gasteiger partial charge in [0.1, 0.15) is 5.39 Å². The van der Waals surface area contributed by atoms with E-state index in [0.717, 1.165) is 25.5 Å². The van der Waals surface area contributed by atoms with Gasteiger partial charge >= 0.3 is 5.63 Å². The average Bonchev–Trinajstić information content (AvgIpc) is 2.88. The van der Waals surface area contributed by atoms with Crippen LogP contribution in [0.15, 0.2) is 60.6 Å². The molecule has 0 aliphatic carbocycles. The molecule has 0 atom stereocenters. The van der Waals surface area contributed by atoms with Gasteiger partial charge in [-0.05, 0) is 47.1 Å². The lowest BCUT2D eigenvalue weighted by Crippen LogP contribution is -2.02. The molecule has 2 aromatic carbocycles. The first-order valence-electron chi connectivity index (χ1n) is 6.93. The van der Waals surface area contributed by atoms with Crippen molar-refractivity contribution in [2.75, 3.05) is 0 Å². The van der Waals surface area contributed by atoms with Crippen molar-refractivity contribution in [1.29, 1.82) is 0 Å². The van der Waals surface area contributed by atoms with Gasteiger partial charge in [-0.2, -0.15) is 5.10 Å². The van der Waals surface area contributed by atoms with Crippen LogP contribution in [0.25, 0.3) is 27.6 Å². The van der Waals surface area contributed by atoms with Crippen LogP contribution in [-0.4, -0.2) is 9.78 Å². The molecule has 0 fully saturated rings. The number of nitrogens with zero attached hydrogens (tertiary/aromatic N) is 2. The lowest BCUT2D eigenvalue weighted by Gasteiger charge is -2.07. The first kappa shape index (κ1) is 14.7. The summed E-state index contributed by atoms with van der Waals surface area (Å²) >= 11 is 6.96. The molecule has 4 rings (SSSR count). The second-order valence-electron chi connectivity index (χ2n) is 5.21. The highest BCUT2D eigenvalue weighted by atomic mass is 79.9. The third kappa shape index (κ3) is 2.24. The predicted molar refractivity (Wildman–Crippen MR) is 97.2 cm³/mol. The molecule has 0 spiro atoms. The van der Waals surface area contributed by atoms with Gasteiger partial charge in [0.2, 0.25) is 0 Å². The molecule has 114 valence electrons. The zero-order valence-electron chi connectivity index (χ0n) is 12.0. The Morgan fingerprint density at radius 1 is 1.13 bits per heavy atom. The Morgan fingerprint density at radius 3 is 2.61 bits per heavy atom. The van der Waals surface area contributed by atoms with E-state index in [1.165, 1.54) is 0 Å². The van der Waals surface area contributed by atoms with E-state index >= 15 is 0 Å². The van der Waals surface area contributed by atoms with Gasteiger partial charge in [-0.1, -0.05) is 34.1 Å². The van der Waals surface area contributed by atoms with E-state index < -0.39 is 0 Å². The first-order chi connectivity index (χ1) is 11.1. The molecule has 0 radical (unpaired) electrons. The number of hydrogen-bond donors (Lipinski definition) is 0. The number of aromatic nitrogens is 2. The number of benzene rings is 2. The van der Waals surface area contributed by atoms with Gasteiger partial charge in [0.05, 0.1) is 21.4 Å². The van der Waals surface area contributed by atoms with Crippen LogP contribution in [0.2, 0.25) is 0 Å². The minimum atomic E-state index is -0.379. The Kier molecular flexibility index (Phi) is 3.39. The molecular formula is C17H10Br2N2O2. The summed E-state index contributed by atoms with van der Waals surface area (Å²) in [6.45, 7) is 1.82. The van der Waals surface area contributed by atoms with Crippen molar-refractivity contribution >= 4 is 53.7 Å². The Morgan fingerprint density at radius 2 is 1.87 bits per heavy atom. The normalized spacial score (nSPS) is 11.4. The summed E-state index contributed by atoms with van der Waals surface area (Å²) < 4.78 is 8.92. The summed E-state index contributed by atoms with van der Waals surface area (Å²) in [6, 6.07) is 13.5. The largest absolute Gasteiger partial charge is 0.421 e. The Labute approximate surface area is 148 Å². The molecule has 4 aromatic rings. The number of fused-ring (bicyclic) bond motifs is 3. The Hall–Kier alpha value is -1.92. The average molecular weight is 434 g/mol. The maximum absolute atomic E-state index is 12.4. The van der Waals surface area contributed by atoms with Gasteiger partial charge < -0.3 is 4.42 Å². The number of aryl methyl sites for hydroxylation is 1. The van der Waals surface area contributed by atoms with Crippen molar-refractivity contribution in [1.82, 2.24) is 9.78 Å². The molecule has 6 heteroatoms. The van der Waals surface area contributed by atoms with Crippen molar-refractivity contribution in [3.63, 3.8) is 0 Å². The van der Waals surface area contributed by atoms with Crippen LogP contribution in [0.4, 0.5) is 0 Å². The smallest absolute Gasteiger partial charge is 0.347 e. The minimum absolute atomic E-state index is 0.379. The molecule has 0 N–H and O–H groups in total. The summed E-state index contributed by atoms with van der Waals surface area (Å²) in [4.78, 5) is 12.4. The van der Waals surface area contributed by atoms with Crippen LogP contribution >= 0.6 is 31.9 Å². The van der Waals surface area contributed by atoms with Crippen molar-refractivity contribution < 1.29 is 4.42 Å². The third-order valence-electron chi connectivity index (χ3n) is 3.72. The molecule has 0 bridgehead atoms. The zero-order valence-corrected chi connectivity index (χ0v) is 15.2. The highest BCUT2D eigenvalue weighted by Crippen LogP contribution is 2.33. The molecule has 0 aliphatic heterocycles. The first-order valence-corrected chi connectivity index (χ1v) is 8.51. The van der Waals surface area contributed by atoms with E-state index in [1.807, 2.05) is 49.4 Å².